The molecule has 1 aliphatic rings. The molecule has 0 aliphatic carbocycles. The number of alkyl carbamates (subject to hydrolysis) is 1. The van der Waals surface area contributed by atoms with E-state index in [1.807, 2.05) is 48.5 Å². The summed E-state index contributed by atoms with van der Waals surface area (Å²) in [7, 11) is -1.52. The fourth-order valence-corrected chi connectivity index (χ4v) is 5.47. The van der Waals surface area contributed by atoms with Crippen LogP contribution in [0, 0.1) is 11.8 Å². The van der Waals surface area contributed by atoms with Gasteiger partial charge in [-0.1, -0.05) is 54.3 Å². The first-order chi connectivity index (χ1) is 25.2. The van der Waals surface area contributed by atoms with Crippen molar-refractivity contribution in [2.45, 2.75) is 51.4 Å². The summed E-state index contributed by atoms with van der Waals surface area (Å²) < 4.78 is 15.5. The Balaban J connectivity index is 1.07. The summed E-state index contributed by atoms with van der Waals surface area (Å²) in [4.78, 5) is 61.0. The third-order valence-electron chi connectivity index (χ3n) is 7.77. The molecule has 5 N–H and O–H groups in total. The Morgan fingerprint density at radius 1 is 0.865 bits per heavy atom. The normalized spacial score (nSPS) is 12.8. The van der Waals surface area contributed by atoms with Crippen molar-refractivity contribution in [2.75, 3.05) is 49.8 Å². The second-order valence-corrected chi connectivity index (χ2v) is 13.2. The van der Waals surface area contributed by atoms with Crippen LogP contribution in [0.15, 0.2) is 72.8 Å². The van der Waals surface area contributed by atoms with Crippen LogP contribution in [0.1, 0.15) is 54.4 Å². The Morgan fingerprint density at radius 3 is 2.37 bits per heavy atom. The largest absolute Gasteiger partial charge is 0.445 e. The van der Waals surface area contributed by atoms with Gasteiger partial charge in [-0.2, -0.15) is 0 Å². The number of fused-ring (bicyclic) bond motifs is 2. The number of aliphatic hydroxyl groups is 1. The maximum Gasteiger partial charge on any atom is 0.407 e. The molecule has 4 amide bonds. The lowest BCUT2D eigenvalue weighted by atomic mass is 10.0. The molecule has 4 rings (SSSR count). The highest BCUT2D eigenvalue weighted by molar-refractivity contribution is 7.45. The molecule has 276 valence electrons. The summed E-state index contributed by atoms with van der Waals surface area (Å²) in [6.07, 6.45) is 0.566. The average Bonchev–Trinajstić information content (AvgIpc) is 3.13. The number of rotatable bonds is 19. The number of para-hydroxylation sites is 1. The second-order valence-electron chi connectivity index (χ2n) is 12.0. The Morgan fingerprint density at radius 2 is 1.58 bits per heavy atom. The van der Waals surface area contributed by atoms with Gasteiger partial charge in [-0.25, -0.2) is 4.79 Å². The first-order valence-electron chi connectivity index (χ1n) is 17.0. The smallest absolute Gasteiger partial charge is 0.407 e. The number of nitrogens with zero attached hydrogens (tertiary/aromatic N) is 1. The van der Waals surface area contributed by atoms with Crippen molar-refractivity contribution in [1.29, 1.82) is 0 Å². The van der Waals surface area contributed by atoms with E-state index < -0.39 is 26.5 Å². The number of carbonyl (C=O) groups is 4. The zero-order valence-electron chi connectivity index (χ0n) is 29.1. The molecule has 0 saturated carbocycles. The minimum atomic E-state index is -1.52. The molecule has 0 fully saturated rings. The van der Waals surface area contributed by atoms with Crippen LogP contribution in [0.2, 0.25) is 0 Å². The number of carbonyl (C=O) groups excluding carboxylic acids is 4. The summed E-state index contributed by atoms with van der Waals surface area (Å²) in [5.41, 5.74) is 4.68. The molecule has 14 heteroatoms. The summed E-state index contributed by atoms with van der Waals surface area (Å²) in [5.74, 6) is 5.70. The highest BCUT2D eigenvalue weighted by atomic mass is 31.2. The number of benzene rings is 3. The number of aliphatic hydroxyl groups excluding tert-OH is 1. The van der Waals surface area contributed by atoms with Gasteiger partial charge in [-0.05, 0) is 60.7 Å². The van der Waals surface area contributed by atoms with Gasteiger partial charge in [-0.3, -0.25) is 14.4 Å². The van der Waals surface area contributed by atoms with E-state index in [0.29, 0.717) is 50.2 Å². The van der Waals surface area contributed by atoms with Crippen LogP contribution >= 0.6 is 8.38 Å². The topological polar surface area (TPSA) is 176 Å². The minimum Gasteiger partial charge on any atom is -0.445 e. The summed E-state index contributed by atoms with van der Waals surface area (Å²) in [6.45, 7) is 2.46. The second kappa shape index (κ2) is 21.5. The fraction of sp³-hybridized carbons (Fsp3) is 0.368. The van der Waals surface area contributed by atoms with E-state index in [1.54, 1.807) is 29.2 Å². The van der Waals surface area contributed by atoms with Crippen molar-refractivity contribution >= 4 is 43.6 Å². The van der Waals surface area contributed by atoms with Gasteiger partial charge in [-0.15, -0.1) is 0 Å². The Bertz CT molecular complexity index is 1710. The molecule has 3 aromatic rings. The predicted molar refractivity (Wildman–Crippen MR) is 197 cm³/mol. The number of hydrogen-bond donors (Lipinski definition) is 5. The zero-order valence-corrected chi connectivity index (χ0v) is 30.0. The third-order valence-corrected chi connectivity index (χ3v) is 8.29. The molecule has 2 unspecified atom stereocenters. The van der Waals surface area contributed by atoms with Crippen molar-refractivity contribution in [3.05, 3.63) is 95.1 Å². The van der Waals surface area contributed by atoms with Crippen molar-refractivity contribution in [1.82, 2.24) is 10.6 Å². The van der Waals surface area contributed by atoms with Crippen LogP contribution < -0.4 is 20.9 Å². The van der Waals surface area contributed by atoms with Crippen LogP contribution in [0.25, 0.3) is 0 Å². The maximum atomic E-state index is 13.3. The van der Waals surface area contributed by atoms with Gasteiger partial charge in [0, 0.05) is 49.5 Å². The highest BCUT2D eigenvalue weighted by Gasteiger charge is 2.21. The van der Waals surface area contributed by atoms with E-state index >= 15 is 0 Å². The molecule has 0 aromatic heterocycles. The molecule has 3 aromatic carbocycles. The number of amides is 4. The Labute approximate surface area is 304 Å². The van der Waals surface area contributed by atoms with Gasteiger partial charge in [0.05, 0.1) is 32.0 Å². The fourth-order valence-electron chi connectivity index (χ4n) is 5.09. The van der Waals surface area contributed by atoms with E-state index in [-0.39, 0.29) is 51.0 Å². The molecule has 52 heavy (non-hydrogen) atoms. The van der Waals surface area contributed by atoms with E-state index in [9.17, 15) is 24.3 Å². The third kappa shape index (κ3) is 14.1. The molecule has 13 nitrogen and oxygen atoms in total. The van der Waals surface area contributed by atoms with Gasteiger partial charge in [0.2, 0.25) is 17.7 Å². The molecule has 1 aliphatic heterocycles. The lowest BCUT2D eigenvalue weighted by Crippen LogP contribution is -2.33. The van der Waals surface area contributed by atoms with Crippen LogP contribution in [-0.2, 0) is 41.5 Å². The van der Waals surface area contributed by atoms with Crippen LogP contribution in [0.5, 0.6) is 0 Å². The number of ether oxygens (including phenoxy) is 2. The molecule has 0 radical (unpaired) electrons. The zero-order chi connectivity index (χ0) is 37.1. The van der Waals surface area contributed by atoms with Gasteiger partial charge in [0.1, 0.15) is 12.7 Å². The summed E-state index contributed by atoms with van der Waals surface area (Å²) in [5, 5.41) is 17.6. The highest BCUT2D eigenvalue weighted by Crippen LogP contribution is 2.27. The van der Waals surface area contributed by atoms with E-state index in [1.165, 1.54) is 6.66 Å². The maximum absolute atomic E-state index is 13.3. The van der Waals surface area contributed by atoms with Gasteiger partial charge < -0.3 is 44.8 Å². The SMILES string of the molecule is CP(O)OCC(O)COCCCNC(=O)OCc1ccc(NC(=O)CNC(=O)CCCCC(=O)N2Cc3ccccc3C#Cc3ccccc32)cc1. The van der Waals surface area contributed by atoms with E-state index in [2.05, 4.69) is 27.8 Å². The van der Waals surface area contributed by atoms with E-state index in [0.717, 1.165) is 22.4 Å². The monoisotopic (exact) mass is 732 g/mol. The lowest BCUT2D eigenvalue weighted by Gasteiger charge is -2.26. The standard InChI is InChI=1S/C38H45N4O9P/c1-52(48)51-27-33(43)26-49-22-8-21-39-38(47)50-25-28-15-19-32(20-16-28)41-36(45)23-40-35(44)13-6-7-14-37(46)42-24-31-11-3-2-9-29(31)17-18-30-10-4-5-12-34(30)42/h2-5,9-12,15-16,19-20,33,43,48H,6-8,13-14,21-27H2,1H3,(H,39,47)(H,40,44)(H,41,45). The van der Waals surface area contributed by atoms with Crippen LogP contribution in [-0.4, -0.2) is 79.5 Å². The van der Waals surface area contributed by atoms with E-state index in [4.69, 9.17) is 18.9 Å². The number of unbranched alkanes of at least 4 members (excludes halogenated alkanes) is 1. The number of anilines is 2. The lowest BCUT2D eigenvalue weighted by molar-refractivity contribution is -0.124. The van der Waals surface area contributed by atoms with Crippen LogP contribution in [0.3, 0.4) is 0 Å². The Kier molecular flexibility index (Phi) is 16.5. The van der Waals surface area contributed by atoms with Gasteiger partial charge in [0.25, 0.3) is 0 Å². The molecule has 0 spiro atoms. The molecular weight excluding hydrogens is 687 g/mol. The average molecular weight is 733 g/mol. The quantitative estimate of drug-likeness (QED) is 0.0688. The summed E-state index contributed by atoms with van der Waals surface area (Å²) in [6, 6.07) is 22.2. The molecule has 0 saturated heterocycles. The molecule has 1 heterocycles. The first kappa shape index (κ1) is 39.9. The molecular formula is C38H45N4O9P. The van der Waals surface area contributed by atoms with Crippen molar-refractivity contribution < 1.29 is 43.2 Å². The number of nitrogens with one attached hydrogen (secondary N) is 3. The first-order valence-corrected chi connectivity index (χ1v) is 18.7. The van der Waals surface area contributed by atoms with Crippen molar-refractivity contribution in [2.24, 2.45) is 0 Å². The van der Waals surface area contributed by atoms with Crippen molar-refractivity contribution in [3.63, 3.8) is 0 Å². The minimum absolute atomic E-state index is 0.00813. The van der Waals surface area contributed by atoms with Crippen molar-refractivity contribution in [3.8, 4) is 11.8 Å². The number of hydrogen-bond acceptors (Lipinski definition) is 9. The molecule has 2 atom stereocenters. The van der Waals surface area contributed by atoms with Gasteiger partial charge in [0.15, 0.2) is 8.38 Å². The predicted octanol–water partition coefficient (Wildman–Crippen LogP) is 4.19. The van der Waals surface area contributed by atoms with Crippen LogP contribution in [0.4, 0.5) is 16.2 Å². The summed E-state index contributed by atoms with van der Waals surface area (Å²) >= 11 is 0. The van der Waals surface area contributed by atoms with Gasteiger partial charge >= 0.3 is 6.09 Å². The Hall–Kier alpha value is -4.83. The molecule has 0 bridgehead atoms.